The lowest BCUT2D eigenvalue weighted by atomic mass is 10.0. The summed E-state index contributed by atoms with van der Waals surface area (Å²) in [5, 5.41) is 10.3. The lowest BCUT2D eigenvalue weighted by Gasteiger charge is -2.26. The smallest absolute Gasteiger partial charge is 0.269 e. The van der Waals surface area contributed by atoms with E-state index in [0.717, 1.165) is 74.7 Å². The highest BCUT2D eigenvalue weighted by Gasteiger charge is 2.18. The number of nitrogens with zero attached hydrogens (tertiary/aromatic N) is 2. The van der Waals surface area contributed by atoms with E-state index < -0.39 is 20.2 Å². The number of aromatic amines is 1. The molecular weight excluding hydrogens is 488 g/mol. The third-order valence-electron chi connectivity index (χ3n) is 4.72. The molecule has 0 atom stereocenters. The first-order chi connectivity index (χ1) is 15.8. The van der Waals surface area contributed by atoms with Crippen molar-refractivity contribution >= 4 is 25.9 Å². The number of fused-ring (bicyclic) bond motifs is 1. The monoisotopic (exact) mass is 518 g/mol. The minimum atomic E-state index is -3.67. The van der Waals surface area contributed by atoms with Crippen LogP contribution in [0.1, 0.15) is 17.5 Å². The molecule has 2 aliphatic heterocycles. The number of hydrogen-bond donors (Lipinski definition) is 4. The molecule has 2 aromatic rings. The number of hydrogen-bond acceptors (Lipinski definition) is 9. The minimum absolute atomic E-state index is 0.0788. The highest BCUT2D eigenvalue weighted by molar-refractivity contribution is 7.85. The first-order valence-electron chi connectivity index (χ1n) is 10.4. The van der Waals surface area contributed by atoms with Crippen molar-refractivity contribution < 1.29 is 30.7 Å². The van der Waals surface area contributed by atoms with Gasteiger partial charge in [-0.05, 0) is 18.4 Å². The molecule has 14 heteroatoms. The third kappa shape index (κ3) is 10.7. The zero-order valence-corrected chi connectivity index (χ0v) is 20.7. The molecule has 0 spiro atoms. The summed E-state index contributed by atoms with van der Waals surface area (Å²) in [6, 6.07) is 8.47. The van der Waals surface area contributed by atoms with Crippen molar-refractivity contribution in [2.45, 2.75) is 19.4 Å². The van der Waals surface area contributed by atoms with Crippen LogP contribution in [0.5, 0.6) is 0 Å². The first-order valence-corrected chi connectivity index (χ1v) is 14.1. The lowest BCUT2D eigenvalue weighted by Crippen LogP contribution is -2.35. The van der Waals surface area contributed by atoms with Gasteiger partial charge in [-0.15, -0.1) is 0 Å². The summed E-state index contributed by atoms with van der Waals surface area (Å²) < 4.78 is 57.1. The SMILES string of the molecule is CS(=O)(=O)O.CS(=O)(=O)O.O=c1[nH]nc(-c2ccc(CN3CCOCC3)cc2)c2c1CCCN2. The molecule has 0 saturated carbocycles. The molecule has 1 aromatic heterocycles. The van der Waals surface area contributed by atoms with Gasteiger partial charge < -0.3 is 10.1 Å². The van der Waals surface area contributed by atoms with Crippen molar-refractivity contribution in [2.24, 2.45) is 0 Å². The van der Waals surface area contributed by atoms with Crippen LogP contribution in [0.4, 0.5) is 5.69 Å². The van der Waals surface area contributed by atoms with Crippen LogP contribution in [0.25, 0.3) is 11.3 Å². The molecule has 3 heterocycles. The topological polar surface area (TPSA) is 179 Å². The fraction of sp³-hybridized carbons (Fsp3) is 0.500. The van der Waals surface area contributed by atoms with Gasteiger partial charge in [-0.1, -0.05) is 24.3 Å². The Morgan fingerprint density at radius 3 is 2.15 bits per heavy atom. The van der Waals surface area contributed by atoms with Gasteiger partial charge in [-0.2, -0.15) is 21.9 Å². The van der Waals surface area contributed by atoms with E-state index in [1.165, 1.54) is 5.56 Å². The molecule has 0 radical (unpaired) electrons. The Hall–Kier alpha value is -2.36. The van der Waals surface area contributed by atoms with E-state index >= 15 is 0 Å². The Balaban J connectivity index is 0.000000347. The van der Waals surface area contributed by atoms with Gasteiger partial charge >= 0.3 is 0 Å². The summed E-state index contributed by atoms with van der Waals surface area (Å²) in [5.41, 5.74) is 4.79. The Morgan fingerprint density at radius 2 is 1.59 bits per heavy atom. The fourth-order valence-electron chi connectivity index (χ4n) is 3.39. The number of aromatic nitrogens is 2. The molecule has 4 N–H and O–H groups in total. The lowest BCUT2D eigenvalue weighted by molar-refractivity contribution is 0.0342. The number of nitrogens with one attached hydrogen (secondary N) is 2. The largest absolute Gasteiger partial charge is 0.383 e. The van der Waals surface area contributed by atoms with Gasteiger partial charge in [0.15, 0.2) is 0 Å². The predicted molar refractivity (Wildman–Crippen MR) is 128 cm³/mol. The first kappa shape index (κ1) is 27.9. The minimum Gasteiger partial charge on any atom is -0.383 e. The van der Waals surface area contributed by atoms with Crippen LogP contribution in [-0.2, 0) is 37.9 Å². The molecule has 0 unspecified atom stereocenters. The number of ether oxygens (including phenoxy) is 1. The maximum absolute atomic E-state index is 11.9. The Bertz CT molecular complexity index is 1160. The Labute approximate surface area is 198 Å². The summed E-state index contributed by atoms with van der Waals surface area (Å²) in [6.07, 6.45) is 3.22. The molecule has 0 amide bonds. The standard InChI is InChI=1S/C18H22N4O2.2CH4O3S/c23-18-15-2-1-7-19-17(15)16(20-21-18)14-5-3-13(4-6-14)12-22-8-10-24-11-9-22;2*1-5(2,3)4/h3-6,19H,1-2,7-12H2,(H,21,23);2*1H3,(H,2,3,4). The maximum atomic E-state index is 11.9. The molecule has 0 bridgehead atoms. The van der Waals surface area contributed by atoms with Crippen LogP contribution >= 0.6 is 0 Å². The van der Waals surface area contributed by atoms with E-state index in [1.807, 2.05) is 0 Å². The second-order valence-corrected chi connectivity index (χ2v) is 10.8. The molecule has 190 valence electrons. The van der Waals surface area contributed by atoms with Crippen molar-refractivity contribution in [1.82, 2.24) is 15.1 Å². The number of morpholine rings is 1. The summed E-state index contributed by atoms with van der Waals surface area (Å²) in [5.74, 6) is 0. The summed E-state index contributed by atoms with van der Waals surface area (Å²) in [7, 11) is -7.33. The number of H-pyrrole nitrogens is 1. The van der Waals surface area contributed by atoms with E-state index in [-0.39, 0.29) is 5.56 Å². The van der Waals surface area contributed by atoms with E-state index in [0.29, 0.717) is 12.5 Å². The van der Waals surface area contributed by atoms with Crippen LogP contribution in [0.15, 0.2) is 29.1 Å². The van der Waals surface area contributed by atoms with E-state index in [2.05, 4.69) is 44.7 Å². The molecule has 1 saturated heterocycles. The Morgan fingerprint density at radius 1 is 1.03 bits per heavy atom. The predicted octanol–water partition coefficient (Wildman–Crippen LogP) is 0.635. The van der Waals surface area contributed by atoms with Gasteiger partial charge in [0.1, 0.15) is 5.69 Å². The van der Waals surface area contributed by atoms with Crippen molar-refractivity contribution in [3.63, 3.8) is 0 Å². The third-order valence-corrected chi connectivity index (χ3v) is 4.72. The summed E-state index contributed by atoms with van der Waals surface area (Å²) in [4.78, 5) is 14.4. The van der Waals surface area contributed by atoms with Gasteiger partial charge in [0.25, 0.3) is 25.8 Å². The Kier molecular flexibility index (Phi) is 10.1. The number of benzene rings is 1. The van der Waals surface area contributed by atoms with Gasteiger partial charge in [-0.25, -0.2) is 5.10 Å². The van der Waals surface area contributed by atoms with Crippen LogP contribution in [0, 0.1) is 0 Å². The van der Waals surface area contributed by atoms with Crippen molar-refractivity contribution in [2.75, 3.05) is 50.7 Å². The molecule has 12 nitrogen and oxygen atoms in total. The molecule has 4 rings (SSSR count). The average Bonchev–Trinajstić information content (AvgIpc) is 2.74. The summed E-state index contributed by atoms with van der Waals surface area (Å²) >= 11 is 0. The molecule has 34 heavy (non-hydrogen) atoms. The van der Waals surface area contributed by atoms with Crippen molar-refractivity contribution in [3.8, 4) is 11.3 Å². The van der Waals surface area contributed by atoms with Crippen LogP contribution < -0.4 is 10.9 Å². The zero-order valence-electron chi connectivity index (χ0n) is 19.0. The number of rotatable bonds is 3. The highest BCUT2D eigenvalue weighted by atomic mass is 32.2. The van der Waals surface area contributed by atoms with Crippen molar-refractivity contribution in [1.29, 1.82) is 0 Å². The molecule has 2 aliphatic rings. The van der Waals surface area contributed by atoms with E-state index in [1.54, 1.807) is 0 Å². The number of anilines is 1. The second-order valence-electron chi connectivity index (χ2n) is 7.84. The van der Waals surface area contributed by atoms with E-state index in [4.69, 9.17) is 13.8 Å². The van der Waals surface area contributed by atoms with Gasteiger partial charge in [0, 0.05) is 37.3 Å². The van der Waals surface area contributed by atoms with E-state index in [9.17, 15) is 21.6 Å². The van der Waals surface area contributed by atoms with Gasteiger partial charge in [-0.3, -0.25) is 18.8 Å². The second kappa shape index (κ2) is 12.4. The van der Waals surface area contributed by atoms with Crippen LogP contribution in [0.3, 0.4) is 0 Å². The normalized spacial score (nSPS) is 16.1. The molecular formula is C20H30N4O8S2. The summed E-state index contributed by atoms with van der Waals surface area (Å²) in [6.45, 7) is 5.44. The quantitative estimate of drug-likeness (QED) is 0.419. The van der Waals surface area contributed by atoms with Crippen LogP contribution in [0.2, 0.25) is 0 Å². The average molecular weight is 519 g/mol. The van der Waals surface area contributed by atoms with Crippen molar-refractivity contribution in [3.05, 3.63) is 45.7 Å². The van der Waals surface area contributed by atoms with Gasteiger partial charge in [0.05, 0.1) is 31.4 Å². The maximum Gasteiger partial charge on any atom is 0.269 e. The fourth-order valence-corrected chi connectivity index (χ4v) is 3.39. The molecule has 1 fully saturated rings. The zero-order chi connectivity index (χ0) is 25.4. The molecule has 0 aliphatic carbocycles. The highest BCUT2D eigenvalue weighted by Crippen LogP contribution is 2.29. The molecule has 1 aromatic carbocycles. The van der Waals surface area contributed by atoms with Gasteiger partial charge in [0.2, 0.25) is 0 Å². The van der Waals surface area contributed by atoms with Crippen LogP contribution in [-0.4, -0.2) is 86.4 Å².